The van der Waals surface area contributed by atoms with Crippen LogP contribution in [0.25, 0.3) is 0 Å². The van der Waals surface area contributed by atoms with E-state index in [-0.39, 0.29) is 6.67 Å². The molecule has 0 unspecified atom stereocenters. The average Bonchev–Trinajstić information content (AvgIpc) is 2.76. The molecule has 0 saturated carbocycles. The molecule has 0 aliphatic carbocycles. The van der Waals surface area contributed by atoms with E-state index in [1.165, 1.54) is 154 Å². The predicted octanol–water partition coefficient (Wildman–Crippen LogP) is 11.3. The minimum Gasteiger partial charge on any atom is -0.251 e. The maximum atomic E-state index is 12.0. The molecule has 0 nitrogen and oxygen atoms in total. The van der Waals surface area contributed by atoms with Gasteiger partial charge >= 0.3 is 0 Å². The zero-order valence-electron chi connectivity index (χ0n) is 20.9. The molecule has 1 heteroatoms. The Hall–Kier alpha value is -0.0700. The number of hydrogen-bond donors (Lipinski definition) is 0. The summed E-state index contributed by atoms with van der Waals surface area (Å²) in [6.45, 7) is 3.78. The van der Waals surface area contributed by atoms with Crippen molar-refractivity contribution in [2.45, 2.75) is 173 Å². The third-order valence-corrected chi connectivity index (χ3v) is 6.63. The molecule has 181 valence electrons. The van der Waals surface area contributed by atoms with Crippen molar-refractivity contribution in [1.29, 1.82) is 0 Å². The van der Waals surface area contributed by atoms with Crippen molar-refractivity contribution in [3.05, 3.63) is 6.92 Å². The van der Waals surface area contributed by atoms with E-state index < -0.39 is 0 Å². The molecule has 0 amide bonds. The summed E-state index contributed by atoms with van der Waals surface area (Å²) in [5, 5.41) is 0. The largest absolute Gasteiger partial charge is 0.251 e. The van der Waals surface area contributed by atoms with Gasteiger partial charge in [0.05, 0.1) is 6.67 Å². The third kappa shape index (κ3) is 27.9. The molecule has 0 aliphatic rings. The standard InChI is InChI=1S/C29H58F/c1-2-3-4-5-6-7-8-9-10-11-12-13-14-15-16-17-18-19-20-21-22-23-24-25-26-27-28-29-30/h1-29H2. The highest BCUT2D eigenvalue weighted by Crippen LogP contribution is 2.16. The molecule has 0 saturated heterocycles. The second-order valence-corrected chi connectivity index (χ2v) is 9.73. The molecule has 0 aliphatic heterocycles. The first-order valence-corrected chi connectivity index (χ1v) is 14.3. The van der Waals surface area contributed by atoms with Crippen molar-refractivity contribution >= 4 is 0 Å². The lowest BCUT2D eigenvalue weighted by atomic mass is 10.0. The summed E-state index contributed by atoms with van der Waals surface area (Å²) < 4.78 is 12.0. The summed E-state index contributed by atoms with van der Waals surface area (Å²) in [4.78, 5) is 0. The van der Waals surface area contributed by atoms with Crippen LogP contribution in [0.15, 0.2) is 0 Å². The summed E-state index contributed by atoms with van der Waals surface area (Å²) in [6.07, 6.45) is 37.2. The van der Waals surface area contributed by atoms with Gasteiger partial charge in [-0.05, 0) is 6.42 Å². The maximum absolute atomic E-state index is 12.0. The minimum absolute atomic E-state index is 0.127. The lowest BCUT2D eigenvalue weighted by molar-refractivity contribution is 0.448. The summed E-state index contributed by atoms with van der Waals surface area (Å²) >= 11 is 0. The number of halogens is 1. The van der Waals surface area contributed by atoms with Gasteiger partial charge in [-0.25, -0.2) is 0 Å². The van der Waals surface area contributed by atoms with E-state index in [1.54, 1.807) is 0 Å². The summed E-state index contributed by atoms with van der Waals surface area (Å²) in [7, 11) is 0. The van der Waals surface area contributed by atoms with Gasteiger partial charge in [0, 0.05) is 0 Å². The average molecular weight is 426 g/mol. The van der Waals surface area contributed by atoms with Gasteiger partial charge < -0.3 is 0 Å². The molecule has 0 aromatic rings. The first-order chi connectivity index (χ1) is 14.9. The van der Waals surface area contributed by atoms with Crippen LogP contribution in [0.2, 0.25) is 0 Å². The van der Waals surface area contributed by atoms with E-state index in [0.29, 0.717) is 0 Å². The SMILES string of the molecule is [CH2]CCCCCCCCCCCCCCCCCCCCCCCCCCCCF. The fraction of sp³-hybridized carbons (Fsp3) is 0.966. The van der Waals surface area contributed by atoms with Gasteiger partial charge in [0.15, 0.2) is 0 Å². The Bertz CT molecular complexity index is 248. The number of rotatable bonds is 27. The van der Waals surface area contributed by atoms with Crippen LogP contribution in [0.3, 0.4) is 0 Å². The van der Waals surface area contributed by atoms with E-state index in [9.17, 15) is 4.39 Å². The Balaban J connectivity index is 2.97. The molecule has 0 atom stereocenters. The minimum atomic E-state index is -0.127. The summed E-state index contributed by atoms with van der Waals surface area (Å²) in [6, 6.07) is 0. The van der Waals surface area contributed by atoms with Crippen LogP contribution < -0.4 is 0 Å². The van der Waals surface area contributed by atoms with Crippen LogP contribution in [0.5, 0.6) is 0 Å². The van der Waals surface area contributed by atoms with E-state index in [2.05, 4.69) is 6.92 Å². The van der Waals surface area contributed by atoms with Gasteiger partial charge in [0.2, 0.25) is 0 Å². The highest BCUT2D eigenvalue weighted by atomic mass is 19.1. The van der Waals surface area contributed by atoms with Crippen molar-refractivity contribution in [3.8, 4) is 0 Å². The molecular weight excluding hydrogens is 367 g/mol. The van der Waals surface area contributed by atoms with E-state index in [4.69, 9.17) is 0 Å². The predicted molar refractivity (Wildman–Crippen MR) is 136 cm³/mol. The summed E-state index contributed by atoms with van der Waals surface area (Å²) in [5.41, 5.74) is 0. The molecule has 0 spiro atoms. The monoisotopic (exact) mass is 425 g/mol. The smallest absolute Gasteiger partial charge is 0.0894 e. The van der Waals surface area contributed by atoms with Gasteiger partial charge in [-0.1, -0.05) is 174 Å². The van der Waals surface area contributed by atoms with Crippen molar-refractivity contribution in [3.63, 3.8) is 0 Å². The molecule has 0 fully saturated rings. The first-order valence-electron chi connectivity index (χ1n) is 14.3. The number of unbranched alkanes of at least 4 members (excludes halogenated alkanes) is 26. The molecule has 30 heavy (non-hydrogen) atoms. The lowest BCUT2D eigenvalue weighted by Crippen LogP contribution is -1.85. The fourth-order valence-electron chi connectivity index (χ4n) is 4.51. The molecule has 0 N–H and O–H groups in total. The highest BCUT2D eigenvalue weighted by molar-refractivity contribution is 4.52. The van der Waals surface area contributed by atoms with Crippen molar-refractivity contribution in [1.82, 2.24) is 0 Å². The normalized spacial score (nSPS) is 11.4. The van der Waals surface area contributed by atoms with Crippen molar-refractivity contribution in [2.75, 3.05) is 6.67 Å². The molecule has 0 aromatic carbocycles. The van der Waals surface area contributed by atoms with E-state index >= 15 is 0 Å². The second kappa shape index (κ2) is 28.9. The Morgan fingerprint density at radius 3 is 0.600 bits per heavy atom. The molecular formula is C29H58F. The van der Waals surface area contributed by atoms with Crippen LogP contribution in [-0.2, 0) is 0 Å². The third-order valence-electron chi connectivity index (χ3n) is 6.63. The van der Waals surface area contributed by atoms with E-state index in [0.717, 1.165) is 19.3 Å². The molecule has 0 heterocycles. The van der Waals surface area contributed by atoms with E-state index in [1.807, 2.05) is 0 Å². The van der Waals surface area contributed by atoms with Crippen molar-refractivity contribution in [2.24, 2.45) is 0 Å². The Morgan fingerprint density at radius 1 is 0.267 bits per heavy atom. The molecule has 1 radical (unpaired) electrons. The summed E-state index contributed by atoms with van der Waals surface area (Å²) in [5.74, 6) is 0. The quantitative estimate of drug-likeness (QED) is 0.115. The van der Waals surface area contributed by atoms with Gasteiger partial charge in [-0.2, -0.15) is 0 Å². The van der Waals surface area contributed by atoms with Crippen LogP contribution >= 0.6 is 0 Å². The van der Waals surface area contributed by atoms with Gasteiger partial charge in [-0.15, -0.1) is 0 Å². The van der Waals surface area contributed by atoms with Crippen LogP contribution in [0.1, 0.15) is 173 Å². The number of alkyl halides is 1. The Labute approximate surface area is 191 Å². The van der Waals surface area contributed by atoms with Crippen LogP contribution in [-0.4, -0.2) is 6.67 Å². The molecule has 0 aromatic heterocycles. The topological polar surface area (TPSA) is 0 Å². The lowest BCUT2D eigenvalue weighted by Gasteiger charge is -2.04. The highest BCUT2D eigenvalue weighted by Gasteiger charge is 1.96. The van der Waals surface area contributed by atoms with Crippen LogP contribution in [0.4, 0.5) is 4.39 Å². The first kappa shape index (κ1) is 29.9. The fourth-order valence-corrected chi connectivity index (χ4v) is 4.51. The second-order valence-electron chi connectivity index (χ2n) is 9.73. The zero-order valence-corrected chi connectivity index (χ0v) is 20.9. The van der Waals surface area contributed by atoms with Gasteiger partial charge in [0.1, 0.15) is 0 Å². The Kier molecular flexibility index (Phi) is 28.9. The van der Waals surface area contributed by atoms with Gasteiger partial charge in [0.25, 0.3) is 0 Å². The molecule has 0 bridgehead atoms. The maximum Gasteiger partial charge on any atom is 0.0894 e. The van der Waals surface area contributed by atoms with Gasteiger partial charge in [-0.3, -0.25) is 4.39 Å². The Morgan fingerprint density at radius 2 is 0.433 bits per heavy atom. The molecule has 0 rings (SSSR count). The van der Waals surface area contributed by atoms with Crippen molar-refractivity contribution < 1.29 is 4.39 Å². The van der Waals surface area contributed by atoms with Crippen LogP contribution in [0, 0.1) is 6.92 Å². The zero-order chi connectivity index (χ0) is 21.8. The number of hydrogen-bond acceptors (Lipinski definition) is 0.